The van der Waals surface area contributed by atoms with Crippen molar-refractivity contribution in [1.29, 1.82) is 0 Å². The van der Waals surface area contributed by atoms with Crippen molar-refractivity contribution in [2.75, 3.05) is 0 Å². The standard InChI is InChI=1S/C36H38OSi/c1-38(34-23-13-5-14-24-34,35-25-15-6-16-26-35)37-36(32-21-11-4-12-22-32)29-33(31-19-9-3-10-20-31)28-27-30-17-7-2-8-18-30/h2,4-8,11-18,21-26,31,33,36H,3,9-10,19-20,29H2,1H3/t33-,36-/m0/s1. The molecule has 0 saturated heterocycles. The minimum Gasteiger partial charge on any atom is -0.401 e. The van der Waals surface area contributed by atoms with E-state index in [1.54, 1.807) is 0 Å². The van der Waals surface area contributed by atoms with Crippen LogP contribution in [0.2, 0.25) is 6.55 Å². The molecule has 38 heavy (non-hydrogen) atoms. The molecular weight excluding hydrogens is 476 g/mol. The summed E-state index contributed by atoms with van der Waals surface area (Å²) in [4.78, 5) is 0. The van der Waals surface area contributed by atoms with E-state index in [4.69, 9.17) is 4.43 Å². The van der Waals surface area contributed by atoms with Crippen molar-refractivity contribution in [3.05, 3.63) is 132 Å². The zero-order chi connectivity index (χ0) is 26.0. The van der Waals surface area contributed by atoms with Crippen molar-refractivity contribution in [3.63, 3.8) is 0 Å². The molecule has 4 aromatic carbocycles. The van der Waals surface area contributed by atoms with Crippen molar-refractivity contribution in [1.82, 2.24) is 0 Å². The predicted octanol–water partition coefficient (Wildman–Crippen LogP) is 7.77. The van der Waals surface area contributed by atoms with Gasteiger partial charge >= 0.3 is 0 Å². The van der Waals surface area contributed by atoms with E-state index < -0.39 is 8.32 Å². The lowest BCUT2D eigenvalue weighted by Gasteiger charge is -2.36. The topological polar surface area (TPSA) is 9.23 Å². The molecule has 0 N–H and O–H groups in total. The molecule has 1 nitrogen and oxygen atoms in total. The summed E-state index contributed by atoms with van der Waals surface area (Å²) in [6.07, 6.45) is 7.39. The predicted molar refractivity (Wildman–Crippen MR) is 162 cm³/mol. The van der Waals surface area contributed by atoms with Gasteiger partial charge in [-0.2, -0.15) is 0 Å². The van der Waals surface area contributed by atoms with E-state index in [-0.39, 0.29) is 6.10 Å². The third-order valence-corrected chi connectivity index (χ3v) is 11.7. The van der Waals surface area contributed by atoms with Gasteiger partial charge in [-0.15, -0.1) is 0 Å². The Kier molecular flexibility index (Phi) is 8.92. The molecule has 0 aliphatic heterocycles. The Morgan fingerprint density at radius 3 is 1.74 bits per heavy atom. The molecule has 4 aromatic rings. The van der Waals surface area contributed by atoms with Gasteiger partial charge in [0.05, 0.1) is 6.10 Å². The zero-order valence-corrected chi connectivity index (χ0v) is 23.4. The molecule has 1 fully saturated rings. The van der Waals surface area contributed by atoms with Gasteiger partial charge in [-0.05, 0) is 59.8 Å². The lowest BCUT2D eigenvalue weighted by Crippen LogP contribution is -2.58. The van der Waals surface area contributed by atoms with Crippen LogP contribution in [0.25, 0.3) is 0 Å². The largest absolute Gasteiger partial charge is 0.401 e. The highest BCUT2D eigenvalue weighted by molar-refractivity contribution is 6.96. The van der Waals surface area contributed by atoms with Crippen molar-refractivity contribution >= 4 is 18.7 Å². The Morgan fingerprint density at radius 2 is 1.18 bits per heavy atom. The van der Waals surface area contributed by atoms with Crippen LogP contribution in [0.4, 0.5) is 0 Å². The van der Waals surface area contributed by atoms with E-state index in [2.05, 4.69) is 140 Å². The number of hydrogen-bond donors (Lipinski definition) is 0. The third kappa shape index (κ3) is 6.54. The average molecular weight is 515 g/mol. The van der Waals surface area contributed by atoms with Gasteiger partial charge in [0.1, 0.15) is 0 Å². The smallest absolute Gasteiger partial charge is 0.253 e. The summed E-state index contributed by atoms with van der Waals surface area (Å²) in [6.45, 7) is 2.36. The first-order valence-electron chi connectivity index (χ1n) is 14.1. The molecule has 2 heteroatoms. The lowest BCUT2D eigenvalue weighted by molar-refractivity contribution is 0.152. The number of rotatable bonds is 8. The van der Waals surface area contributed by atoms with Crippen LogP contribution in [0, 0.1) is 23.7 Å². The fourth-order valence-corrected chi connectivity index (χ4v) is 8.92. The molecule has 1 saturated carbocycles. The summed E-state index contributed by atoms with van der Waals surface area (Å²) in [5.74, 6) is 8.21. The van der Waals surface area contributed by atoms with Gasteiger partial charge in [-0.1, -0.05) is 140 Å². The normalized spacial score (nSPS) is 15.7. The van der Waals surface area contributed by atoms with Crippen molar-refractivity contribution in [3.8, 4) is 11.8 Å². The maximum absolute atomic E-state index is 7.44. The highest BCUT2D eigenvalue weighted by Gasteiger charge is 2.38. The first-order valence-corrected chi connectivity index (χ1v) is 16.5. The van der Waals surface area contributed by atoms with Gasteiger partial charge in [0.2, 0.25) is 0 Å². The molecule has 1 aliphatic rings. The number of hydrogen-bond acceptors (Lipinski definition) is 1. The first kappa shape index (κ1) is 26.2. The average Bonchev–Trinajstić information content (AvgIpc) is 3.01. The third-order valence-electron chi connectivity index (χ3n) is 8.06. The van der Waals surface area contributed by atoms with Gasteiger partial charge < -0.3 is 4.43 Å². The second-order valence-corrected chi connectivity index (χ2v) is 14.1. The Morgan fingerprint density at radius 1 is 0.684 bits per heavy atom. The van der Waals surface area contributed by atoms with E-state index in [1.165, 1.54) is 48.0 Å². The highest BCUT2D eigenvalue weighted by Crippen LogP contribution is 2.37. The maximum atomic E-state index is 7.44. The lowest BCUT2D eigenvalue weighted by atomic mass is 9.77. The molecule has 0 aromatic heterocycles. The molecule has 2 atom stereocenters. The van der Waals surface area contributed by atoms with E-state index in [0.717, 1.165) is 12.0 Å². The van der Waals surface area contributed by atoms with Gasteiger partial charge in [0.25, 0.3) is 8.32 Å². The fourth-order valence-electron chi connectivity index (χ4n) is 5.85. The molecule has 0 radical (unpaired) electrons. The van der Waals surface area contributed by atoms with Crippen LogP contribution in [0.5, 0.6) is 0 Å². The Bertz CT molecular complexity index is 1260. The molecule has 0 heterocycles. The minimum atomic E-state index is -2.50. The second-order valence-electron chi connectivity index (χ2n) is 10.7. The van der Waals surface area contributed by atoms with Crippen LogP contribution in [-0.4, -0.2) is 8.32 Å². The fraction of sp³-hybridized carbons (Fsp3) is 0.278. The van der Waals surface area contributed by atoms with E-state index >= 15 is 0 Å². The van der Waals surface area contributed by atoms with Crippen LogP contribution in [0.3, 0.4) is 0 Å². The molecule has 5 rings (SSSR count). The van der Waals surface area contributed by atoms with Crippen LogP contribution < -0.4 is 10.4 Å². The first-order chi connectivity index (χ1) is 18.7. The summed E-state index contributed by atoms with van der Waals surface area (Å²) < 4.78 is 7.44. The number of benzene rings is 4. The van der Waals surface area contributed by atoms with Crippen LogP contribution in [0.15, 0.2) is 121 Å². The van der Waals surface area contributed by atoms with E-state index in [0.29, 0.717) is 11.8 Å². The van der Waals surface area contributed by atoms with E-state index in [1.807, 2.05) is 0 Å². The SMILES string of the molecule is C[Si](O[C@@H](C[C@H](C#Cc1ccccc1)C1CCCCC1)c1ccccc1)(c1ccccc1)c1ccccc1. The molecule has 0 amide bonds. The molecule has 0 spiro atoms. The van der Waals surface area contributed by atoms with E-state index in [9.17, 15) is 0 Å². The van der Waals surface area contributed by atoms with Crippen LogP contribution >= 0.6 is 0 Å². The highest BCUT2D eigenvalue weighted by atomic mass is 28.4. The van der Waals surface area contributed by atoms with Gasteiger partial charge in [-0.25, -0.2) is 0 Å². The summed E-state index contributed by atoms with van der Waals surface area (Å²) in [7, 11) is -2.50. The minimum absolute atomic E-state index is 0.0229. The molecule has 192 valence electrons. The molecular formula is C36H38OSi. The van der Waals surface area contributed by atoms with Gasteiger partial charge in [0, 0.05) is 11.5 Å². The maximum Gasteiger partial charge on any atom is 0.253 e. The second kappa shape index (κ2) is 12.9. The Balaban J connectivity index is 1.53. The van der Waals surface area contributed by atoms with Gasteiger partial charge in [-0.3, -0.25) is 0 Å². The monoisotopic (exact) mass is 514 g/mol. The summed E-state index contributed by atoms with van der Waals surface area (Å²) >= 11 is 0. The van der Waals surface area contributed by atoms with Crippen molar-refractivity contribution in [2.45, 2.75) is 51.2 Å². The Labute approximate surface area is 230 Å². The van der Waals surface area contributed by atoms with Crippen LogP contribution in [0.1, 0.15) is 55.8 Å². The van der Waals surface area contributed by atoms with Crippen molar-refractivity contribution in [2.24, 2.45) is 11.8 Å². The molecule has 1 aliphatic carbocycles. The zero-order valence-electron chi connectivity index (χ0n) is 22.4. The van der Waals surface area contributed by atoms with Crippen molar-refractivity contribution < 1.29 is 4.43 Å². The van der Waals surface area contributed by atoms with Crippen LogP contribution in [-0.2, 0) is 4.43 Å². The summed E-state index contributed by atoms with van der Waals surface area (Å²) in [5.41, 5.74) is 2.35. The summed E-state index contributed by atoms with van der Waals surface area (Å²) in [5, 5.41) is 2.61. The Hall–Kier alpha value is -3.38. The molecule has 0 unspecified atom stereocenters. The summed E-state index contributed by atoms with van der Waals surface area (Å²) in [6, 6.07) is 43.0. The molecule has 0 bridgehead atoms. The quantitative estimate of drug-likeness (QED) is 0.172. The van der Waals surface area contributed by atoms with Gasteiger partial charge in [0.15, 0.2) is 0 Å².